The second-order valence-electron chi connectivity index (χ2n) is 6.63. The van der Waals surface area contributed by atoms with E-state index in [0.717, 1.165) is 0 Å². The third kappa shape index (κ3) is 3.68. The van der Waals surface area contributed by atoms with Gasteiger partial charge in [-0.3, -0.25) is 18.9 Å². The second-order valence-corrected chi connectivity index (χ2v) is 8.30. The van der Waals surface area contributed by atoms with Gasteiger partial charge >= 0.3 is 0 Å². The van der Waals surface area contributed by atoms with E-state index in [4.69, 9.17) is 17.0 Å². The Morgan fingerprint density at radius 2 is 1.83 bits per heavy atom. The van der Waals surface area contributed by atoms with Crippen LogP contribution < -0.4 is 10.3 Å². The first-order valence-electron chi connectivity index (χ1n) is 8.97. The molecule has 6 nitrogen and oxygen atoms in total. The Bertz CT molecular complexity index is 1200. The van der Waals surface area contributed by atoms with Crippen molar-refractivity contribution in [3.05, 3.63) is 75.6 Å². The third-order valence-corrected chi connectivity index (χ3v) is 5.64. The molecule has 1 saturated heterocycles. The van der Waals surface area contributed by atoms with Crippen LogP contribution in [0.5, 0.6) is 11.6 Å². The van der Waals surface area contributed by atoms with Crippen LogP contribution >= 0.6 is 24.0 Å². The zero-order valence-electron chi connectivity index (χ0n) is 15.7. The van der Waals surface area contributed by atoms with Crippen LogP contribution in [0.2, 0.25) is 0 Å². The Morgan fingerprint density at radius 1 is 1.10 bits per heavy atom. The lowest BCUT2D eigenvalue weighted by molar-refractivity contribution is -0.123. The number of hydrogen-bond donors (Lipinski definition) is 0. The van der Waals surface area contributed by atoms with Crippen LogP contribution in [0.1, 0.15) is 19.4 Å². The van der Waals surface area contributed by atoms with E-state index in [1.807, 2.05) is 32.0 Å². The van der Waals surface area contributed by atoms with Gasteiger partial charge in [0.25, 0.3) is 11.5 Å². The van der Waals surface area contributed by atoms with Gasteiger partial charge in [0.2, 0.25) is 5.88 Å². The molecule has 1 amide bonds. The number of carbonyl (C=O) groups excluding carboxylic acids is 1. The number of thioether (sulfide) groups is 1. The quantitative estimate of drug-likeness (QED) is 0.465. The lowest BCUT2D eigenvalue weighted by Crippen LogP contribution is -2.34. The molecule has 1 fully saturated rings. The summed E-state index contributed by atoms with van der Waals surface area (Å²) in [4.78, 5) is 32.4. The molecule has 0 atom stereocenters. The van der Waals surface area contributed by atoms with Gasteiger partial charge in [-0.15, -0.1) is 0 Å². The minimum Gasteiger partial charge on any atom is -0.438 e. The fourth-order valence-corrected chi connectivity index (χ4v) is 4.45. The number of amides is 1. The highest BCUT2D eigenvalue weighted by molar-refractivity contribution is 8.26. The average molecular weight is 424 g/mol. The zero-order chi connectivity index (χ0) is 20.5. The van der Waals surface area contributed by atoms with Crippen molar-refractivity contribution < 1.29 is 9.53 Å². The van der Waals surface area contributed by atoms with E-state index in [2.05, 4.69) is 4.98 Å². The Labute approximate surface area is 176 Å². The fourth-order valence-electron chi connectivity index (χ4n) is 2.94. The van der Waals surface area contributed by atoms with Crippen LogP contribution in [0.3, 0.4) is 0 Å². The molecule has 4 rings (SSSR count). The molecular weight excluding hydrogens is 406 g/mol. The van der Waals surface area contributed by atoms with Crippen molar-refractivity contribution in [2.75, 3.05) is 0 Å². The molecule has 0 N–H and O–H groups in total. The van der Waals surface area contributed by atoms with Crippen molar-refractivity contribution >= 4 is 45.9 Å². The van der Waals surface area contributed by atoms with Crippen LogP contribution in [0.4, 0.5) is 0 Å². The Balaban J connectivity index is 1.87. The number of aromatic nitrogens is 2. The largest absolute Gasteiger partial charge is 0.438 e. The zero-order valence-corrected chi connectivity index (χ0v) is 17.4. The van der Waals surface area contributed by atoms with Gasteiger partial charge in [-0.2, -0.15) is 4.98 Å². The monoisotopic (exact) mass is 423 g/mol. The summed E-state index contributed by atoms with van der Waals surface area (Å²) in [7, 11) is 0. The van der Waals surface area contributed by atoms with E-state index in [9.17, 15) is 9.59 Å². The number of hydrogen-bond acceptors (Lipinski definition) is 6. The van der Waals surface area contributed by atoms with Crippen molar-refractivity contribution in [2.45, 2.75) is 19.9 Å². The highest BCUT2D eigenvalue weighted by Gasteiger charge is 2.34. The Morgan fingerprint density at radius 3 is 2.52 bits per heavy atom. The summed E-state index contributed by atoms with van der Waals surface area (Å²) in [5, 5.41) is 0. The van der Waals surface area contributed by atoms with Gasteiger partial charge in [0.05, 0.1) is 4.91 Å². The second kappa shape index (κ2) is 7.81. The van der Waals surface area contributed by atoms with Crippen molar-refractivity contribution in [1.29, 1.82) is 0 Å². The van der Waals surface area contributed by atoms with Gasteiger partial charge < -0.3 is 4.74 Å². The Hall–Kier alpha value is -2.97. The number of carbonyl (C=O) groups is 1. The molecule has 1 aliphatic rings. The summed E-state index contributed by atoms with van der Waals surface area (Å²) in [6.45, 7) is 3.79. The number of para-hydroxylation sites is 1. The molecule has 1 aromatic carbocycles. The maximum absolute atomic E-state index is 13.2. The van der Waals surface area contributed by atoms with Crippen LogP contribution in [-0.2, 0) is 4.79 Å². The van der Waals surface area contributed by atoms with Crippen molar-refractivity contribution in [3.63, 3.8) is 0 Å². The maximum Gasteiger partial charge on any atom is 0.269 e. The first kappa shape index (κ1) is 19.4. The summed E-state index contributed by atoms with van der Waals surface area (Å²) in [6, 6.07) is 14.3. The number of thiocarbonyl (C=S) groups is 1. The molecule has 0 radical (unpaired) electrons. The number of nitrogens with zero attached hydrogens (tertiary/aromatic N) is 3. The van der Waals surface area contributed by atoms with Crippen LogP contribution in [0, 0.1) is 0 Å². The summed E-state index contributed by atoms with van der Waals surface area (Å²) < 4.78 is 7.80. The number of fused-ring (bicyclic) bond motifs is 1. The standard InChI is InChI=1S/C21H17N3O3S2/c1-13(2)24-20(26)16(29-21(24)28)12-15-18(27-14-8-4-3-5-9-14)22-17-10-6-7-11-23(17)19(15)25/h3-13H,1-2H3. The summed E-state index contributed by atoms with van der Waals surface area (Å²) in [6.07, 6.45) is 3.16. The molecule has 146 valence electrons. The van der Waals surface area contributed by atoms with E-state index in [1.54, 1.807) is 36.5 Å². The molecule has 29 heavy (non-hydrogen) atoms. The molecule has 3 aromatic rings. The molecule has 0 unspecified atom stereocenters. The van der Waals surface area contributed by atoms with E-state index in [-0.39, 0.29) is 29.0 Å². The van der Waals surface area contributed by atoms with Crippen LogP contribution in [0.25, 0.3) is 11.7 Å². The fraction of sp³-hybridized carbons (Fsp3) is 0.143. The van der Waals surface area contributed by atoms with E-state index < -0.39 is 0 Å². The van der Waals surface area contributed by atoms with Gasteiger partial charge in [0, 0.05) is 12.2 Å². The summed E-state index contributed by atoms with van der Waals surface area (Å²) in [5.74, 6) is 0.462. The minimum atomic E-state index is -0.323. The lowest BCUT2D eigenvalue weighted by Gasteiger charge is -2.18. The van der Waals surface area contributed by atoms with Crippen molar-refractivity contribution in [3.8, 4) is 11.6 Å². The smallest absolute Gasteiger partial charge is 0.269 e. The molecular formula is C21H17N3O3S2. The van der Waals surface area contributed by atoms with Crippen molar-refractivity contribution in [2.24, 2.45) is 0 Å². The number of pyridine rings is 1. The molecule has 0 aliphatic carbocycles. The highest BCUT2D eigenvalue weighted by Crippen LogP contribution is 2.35. The number of benzene rings is 1. The van der Waals surface area contributed by atoms with Gasteiger partial charge in [-0.05, 0) is 44.2 Å². The lowest BCUT2D eigenvalue weighted by atomic mass is 10.2. The normalized spacial score (nSPS) is 15.7. The first-order chi connectivity index (χ1) is 14.0. The van der Waals surface area contributed by atoms with E-state index >= 15 is 0 Å². The van der Waals surface area contributed by atoms with E-state index in [0.29, 0.717) is 20.6 Å². The minimum absolute atomic E-state index is 0.0655. The first-order valence-corrected chi connectivity index (χ1v) is 10.2. The van der Waals surface area contributed by atoms with Gasteiger partial charge in [0.1, 0.15) is 21.3 Å². The van der Waals surface area contributed by atoms with Gasteiger partial charge in [-0.1, -0.05) is 48.2 Å². The molecule has 3 heterocycles. The number of rotatable bonds is 4. The number of ether oxygens (including phenoxy) is 1. The van der Waals surface area contributed by atoms with Crippen LogP contribution in [0.15, 0.2) is 64.4 Å². The van der Waals surface area contributed by atoms with E-state index in [1.165, 1.54) is 27.1 Å². The molecule has 2 aromatic heterocycles. The molecule has 1 aliphatic heterocycles. The molecule has 0 spiro atoms. The average Bonchev–Trinajstić information content (AvgIpc) is 2.99. The van der Waals surface area contributed by atoms with Crippen molar-refractivity contribution in [1.82, 2.24) is 14.3 Å². The van der Waals surface area contributed by atoms with Gasteiger partial charge in [0.15, 0.2) is 0 Å². The summed E-state index contributed by atoms with van der Waals surface area (Å²) in [5.41, 5.74) is 0.327. The maximum atomic E-state index is 13.2. The predicted molar refractivity (Wildman–Crippen MR) is 118 cm³/mol. The van der Waals surface area contributed by atoms with Crippen LogP contribution in [-0.4, -0.2) is 30.6 Å². The third-order valence-electron chi connectivity index (χ3n) is 4.31. The molecule has 8 heteroatoms. The topological polar surface area (TPSA) is 63.9 Å². The molecule has 0 saturated carbocycles. The summed E-state index contributed by atoms with van der Waals surface area (Å²) >= 11 is 6.50. The SMILES string of the molecule is CC(C)N1C(=O)C(=Cc2c(Oc3ccccc3)nc3ccccn3c2=O)SC1=S. The highest BCUT2D eigenvalue weighted by atomic mass is 32.2. The van der Waals surface area contributed by atoms with Gasteiger partial charge in [-0.25, -0.2) is 0 Å². The predicted octanol–water partition coefficient (Wildman–Crippen LogP) is 4.10. The Kier molecular flexibility index (Phi) is 5.21. The molecule has 0 bridgehead atoms.